The fourth-order valence-electron chi connectivity index (χ4n) is 5.82. The van der Waals surface area contributed by atoms with Gasteiger partial charge in [-0.2, -0.15) is 11.6 Å². The Morgan fingerprint density at radius 2 is 0.978 bits per heavy atom. The molecular weight excluding hydrogens is 632 g/mol. The van der Waals surface area contributed by atoms with Crippen molar-refractivity contribution in [3.63, 3.8) is 0 Å². The van der Waals surface area contributed by atoms with E-state index < -0.39 is 0 Å². The van der Waals surface area contributed by atoms with Crippen LogP contribution in [0, 0.1) is 13.8 Å². The molecule has 0 heterocycles. The molecule has 0 spiro atoms. The fourth-order valence-corrected chi connectivity index (χ4v) is 6.63. The van der Waals surface area contributed by atoms with Crippen LogP contribution in [-0.2, 0) is 35.1 Å². The van der Waals surface area contributed by atoms with Crippen LogP contribution in [-0.4, -0.2) is 3.21 Å². The first-order valence-electron chi connectivity index (χ1n) is 16.3. The molecule has 0 nitrogen and oxygen atoms in total. The van der Waals surface area contributed by atoms with Gasteiger partial charge in [0.1, 0.15) is 0 Å². The minimum absolute atomic E-state index is 0.203. The molecule has 0 aliphatic heterocycles. The molecule has 0 radical (unpaired) electrons. The molecule has 0 amide bonds. The van der Waals surface area contributed by atoms with E-state index in [0.29, 0.717) is 0 Å². The molecule has 230 valence electrons. The molecule has 46 heavy (non-hydrogen) atoms. The van der Waals surface area contributed by atoms with Crippen LogP contribution in [0.1, 0.15) is 74.9 Å². The monoisotopic (exact) mass is 676 g/mol. The number of fused-ring (bicyclic) bond motifs is 4. The van der Waals surface area contributed by atoms with Crippen LogP contribution in [0.25, 0.3) is 32.3 Å². The van der Waals surface area contributed by atoms with Crippen LogP contribution in [0.3, 0.4) is 0 Å². The average molecular weight is 678 g/mol. The standard InChI is InChI=1S/C21H25.C13H10.C11H11.Zr/c1-20(2,3)16-7-9-18-14(12-16)11-15-13-17(21(4,5)6)8-10-19(15)18;1-3-7-12(8-4-1)11-13-9-5-2-6-10-13;1-8-3-6-11-9(2)4-5-10(11)7-8;/h7-13H,1-6H3;1-10H;3-7H,1-2H3;/q-1;;-1;+2. The number of benzene rings is 5. The van der Waals surface area contributed by atoms with Gasteiger partial charge >= 0.3 is 99.2 Å². The Labute approximate surface area is 291 Å². The van der Waals surface area contributed by atoms with Crippen molar-refractivity contribution in [1.82, 2.24) is 0 Å². The first-order chi connectivity index (χ1) is 21.8. The van der Waals surface area contributed by atoms with Crippen LogP contribution >= 0.6 is 0 Å². The summed E-state index contributed by atoms with van der Waals surface area (Å²) < 4.78 is 1.42. The summed E-state index contributed by atoms with van der Waals surface area (Å²) in [5, 5.41) is 8.22. The van der Waals surface area contributed by atoms with Gasteiger partial charge in [0.2, 0.25) is 0 Å². The molecule has 0 fully saturated rings. The predicted octanol–water partition coefficient (Wildman–Crippen LogP) is 12.3. The molecule has 0 unspecified atom stereocenters. The molecule has 0 aliphatic rings. The summed E-state index contributed by atoms with van der Waals surface area (Å²) in [6, 6.07) is 48.2. The second-order valence-corrected chi connectivity index (χ2v) is 15.7. The molecular formula is C45H46Zr. The number of hydrogen-bond donors (Lipinski definition) is 0. The van der Waals surface area contributed by atoms with Crippen molar-refractivity contribution in [2.45, 2.75) is 66.2 Å². The number of hydrogen-bond acceptors (Lipinski definition) is 0. The van der Waals surface area contributed by atoms with Gasteiger partial charge in [0.05, 0.1) is 0 Å². The van der Waals surface area contributed by atoms with Gasteiger partial charge in [-0.05, 0) is 17.8 Å². The Bertz CT molecular complexity index is 1960. The van der Waals surface area contributed by atoms with Crippen molar-refractivity contribution in [2.24, 2.45) is 0 Å². The Balaban J connectivity index is 0.000000144. The summed E-state index contributed by atoms with van der Waals surface area (Å²) >= 11 is 1.46. The van der Waals surface area contributed by atoms with Crippen molar-refractivity contribution in [3.05, 3.63) is 167 Å². The molecule has 0 atom stereocenters. The van der Waals surface area contributed by atoms with Crippen molar-refractivity contribution < 1.29 is 24.2 Å². The zero-order chi connectivity index (χ0) is 33.1. The predicted molar refractivity (Wildman–Crippen MR) is 200 cm³/mol. The summed E-state index contributed by atoms with van der Waals surface area (Å²) in [6.07, 6.45) is 0. The molecule has 0 N–H and O–H groups in total. The Hall–Kier alpha value is -3.67. The van der Waals surface area contributed by atoms with Gasteiger partial charge in [-0.3, -0.25) is 0 Å². The Morgan fingerprint density at radius 3 is 1.43 bits per heavy atom. The maximum atomic E-state index is 2.35. The molecule has 0 bridgehead atoms. The van der Waals surface area contributed by atoms with E-state index in [2.05, 4.69) is 189 Å². The third-order valence-electron chi connectivity index (χ3n) is 8.71. The zero-order valence-electron chi connectivity index (χ0n) is 28.7. The van der Waals surface area contributed by atoms with Gasteiger partial charge in [0, 0.05) is 0 Å². The van der Waals surface area contributed by atoms with E-state index in [1.165, 1.54) is 93.1 Å². The van der Waals surface area contributed by atoms with E-state index in [9.17, 15) is 0 Å². The topological polar surface area (TPSA) is 0 Å². The van der Waals surface area contributed by atoms with E-state index in [0.717, 1.165) is 0 Å². The van der Waals surface area contributed by atoms with Crippen LogP contribution in [0.5, 0.6) is 0 Å². The molecule has 0 aromatic heterocycles. The van der Waals surface area contributed by atoms with E-state index in [1.807, 2.05) is 0 Å². The van der Waals surface area contributed by atoms with E-state index >= 15 is 0 Å². The van der Waals surface area contributed by atoms with Crippen LogP contribution in [0.15, 0.2) is 133 Å². The van der Waals surface area contributed by atoms with E-state index in [4.69, 9.17) is 0 Å². The molecule has 0 saturated carbocycles. The molecule has 1 heteroatoms. The van der Waals surface area contributed by atoms with Gasteiger partial charge in [-0.25, -0.2) is 0 Å². The van der Waals surface area contributed by atoms with Crippen molar-refractivity contribution >= 4 is 35.5 Å². The first-order valence-corrected chi connectivity index (χ1v) is 17.5. The molecule has 7 aromatic carbocycles. The molecule has 0 aliphatic carbocycles. The Kier molecular flexibility index (Phi) is 10.2. The fraction of sp³-hybridized carbons (Fsp3) is 0.222. The average Bonchev–Trinajstić information content (AvgIpc) is 3.60. The van der Waals surface area contributed by atoms with Crippen LogP contribution < -0.4 is 0 Å². The van der Waals surface area contributed by atoms with Crippen molar-refractivity contribution in [1.29, 1.82) is 0 Å². The maximum absolute atomic E-state index is 2.35. The summed E-state index contributed by atoms with van der Waals surface area (Å²) in [7, 11) is 0. The number of rotatable bonds is 2. The first kappa shape index (κ1) is 33.7. The normalized spacial score (nSPS) is 11.6. The van der Waals surface area contributed by atoms with E-state index in [-0.39, 0.29) is 10.8 Å². The van der Waals surface area contributed by atoms with Gasteiger partial charge < -0.3 is 0 Å². The van der Waals surface area contributed by atoms with Crippen molar-refractivity contribution in [3.8, 4) is 0 Å². The van der Waals surface area contributed by atoms with Gasteiger partial charge in [-0.15, -0.1) is 68.7 Å². The molecule has 7 rings (SSSR count). The minimum atomic E-state index is 0.203. The summed E-state index contributed by atoms with van der Waals surface area (Å²) in [4.78, 5) is 0. The summed E-state index contributed by atoms with van der Waals surface area (Å²) in [5.74, 6) is 0. The van der Waals surface area contributed by atoms with Crippen LogP contribution in [0.2, 0.25) is 0 Å². The van der Waals surface area contributed by atoms with Crippen LogP contribution in [0.4, 0.5) is 0 Å². The Morgan fingerprint density at radius 1 is 0.522 bits per heavy atom. The SMILES string of the molecule is CC(C)(C)c1ccc2c(c1)[cH-]c1cc(C(C)(C)C)ccc12.Cc1ccc2c(C)c[cH-]c2c1.[Zr+2]=[C](c1ccccc1)c1ccccc1. The summed E-state index contributed by atoms with van der Waals surface area (Å²) in [6.45, 7) is 17.9. The molecule has 0 saturated heterocycles. The van der Waals surface area contributed by atoms with Gasteiger partial charge in [0.15, 0.2) is 0 Å². The third kappa shape index (κ3) is 8.00. The quantitative estimate of drug-likeness (QED) is 0.160. The van der Waals surface area contributed by atoms with E-state index in [1.54, 1.807) is 0 Å². The van der Waals surface area contributed by atoms with Gasteiger partial charge in [-0.1, -0.05) is 95.5 Å². The molecule has 7 aromatic rings. The second kappa shape index (κ2) is 14.0. The number of aryl methyl sites for hydroxylation is 2. The van der Waals surface area contributed by atoms with Gasteiger partial charge in [0.25, 0.3) is 0 Å². The van der Waals surface area contributed by atoms with Crippen molar-refractivity contribution in [2.75, 3.05) is 0 Å². The second-order valence-electron chi connectivity index (χ2n) is 14.5. The zero-order valence-corrected chi connectivity index (χ0v) is 31.2. The third-order valence-corrected chi connectivity index (χ3v) is 10.1. The summed E-state index contributed by atoms with van der Waals surface area (Å²) in [5.41, 5.74) is 8.59.